The SMILES string of the molecule is Cc1ccccc1/C=C/c1onc(C)c1N=Cc1ccccc1O. The molecule has 0 aliphatic rings. The van der Waals surface area contributed by atoms with Crippen molar-refractivity contribution in [2.24, 2.45) is 4.99 Å². The molecular formula is C20H18N2O2. The molecule has 0 radical (unpaired) electrons. The van der Waals surface area contributed by atoms with Gasteiger partial charge in [0.25, 0.3) is 0 Å². The summed E-state index contributed by atoms with van der Waals surface area (Å²) < 4.78 is 5.36. The number of phenolic OH excluding ortho intramolecular Hbond substituents is 1. The van der Waals surface area contributed by atoms with E-state index in [1.165, 1.54) is 5.56 Å². The molecule has 1 N–H and O–H groups in total. The molecule has 0 saturated heterocycles. The summed E-state index contributed by atoms with van der Waals surface area (Å²) in [6.45, 7) is 3.90. The lowest BCUT2D eigenvalue weighted by molar-refractivity contribution is 0.408. The Labute approximate surface area is 140 Å². The molecule has 0 amide bonds. The van der Waals surface area contributed by atoms with E-state index in [0.717, 1.165) is 5.56 Å². The number of hydrogen-bond donors (Lipinski definition) is 1. The van der Waals surface area contributed by atoms with Gasteiger partial charge in [0.1, 0.15) is 17.1 Å². The molecule has 0 aliphatic carbocycles. The van der Waals surface area contributed by atoms with Crippen molar-refractivity contribution in [2.75, 3.05) is 0 Å². The standard InChI is InChI=1S/C20H18N2O2/c1-14-7-3-4-8-16(14)11-12-19-20(15(2)22-24-19)21-13-17-9-5-6-10-18(17)23/h3-13,23H,1-2H3/b12-11+,21-13?. The molecule has 3 aromatic rings. The van der Waals surface area contributed by atoms with E-state index < -0.39 is 0 Å². The van der Waals surface area contributed by atoms with Crippen molar-refractivity contribution < 1.29 is 9.63 Å². The molecule has 4 nitrogen and oxygen atoms in total. The number of hydrogen-bond acceptors (Lipinski definition) is 4. The molecular weight excluding hydrogens is 300 g/mol. The van der Waals surface area contributed by atoms with E-state index in [0.29, 0.717) is 22.7 Å². The summed E-state index contributed by atoms with van der Waals surface area (Å²) in [6.07, 6.45) is 5.45. The fourth-order valence-corrected chi connectivity index (χ4v) is 2.32. The van der Waals surface area contributed by atoms with E-state index in [1.54, 1.807) is 24.4 Å². The molecule has 3 rings (SSSR count). The third-order valence-corrected chi connectivity index (χ3v) is 3.73. The van der Waals surface area contributed by atoms with Crippen LogP contribution in [-0.4, -0.2) is 16.5 Å². The molecule has 0 spiro atoms. The quantitative estimate of drug-likeness (QED) is 0.695. The number of aliphatic imine (C=N–C) groups is 1. The van der Waals surface area contributed by atoms with Crippen LogP contribution < -0.4 is 0 Å². The molecule has 0 fully saturated rings. The van der Waals surface area contributed by atoms with Crippen LogP contribution in [-0.2, 0) is 0 Å². The number of nitrogens with zero attached hydrogens (tertiary/aromatic N) is 2. The molecule has 4 heteroatoms. The first-order chi connectivity index (χ1) is 11.6. The second kappa shape index (κ2) is 6.96. The zero-order valence-electron chi connectivity index (χ0n) is 13.6. The van der Waals surface area contributed by atoms with Crippen LogP contribution in [0, 0.1) is 13.8 Å². The third kappa shape index (κ3) is 3.43. The topological polar surface area (TPSA) is 58.6 Å². The van der Waals surface area contributed by atoms with E-state index in [4.69, 9.17) is 4.52 Å². The van der Waals surface area contributed by atoms with Crippen molar-refractivity contribution in [1.82, 2.24) is 5.16 Å². The minimum Gasteiger partial charge on any atom is -0.507 e. The summed E-state index contributed by atoms with van der Waals surface area (Å²) in [5.41, 5.74) is 4.30. The van der Waals surface area contributed by atoms with Gasteiger partial charge in [-0.05, 0) is 43.2 Å². The van der Waals surface area contributed by atoms with Crippen LogP contribution in [0.3, 0.4) is 0 Å². The van der Waals surface area contributed by atoms with Crippen LogP contribution in [0.25, 0.3) is 12.2 Å². The van der Waals surface area contributed by atoms with E-state index in [1.807, 2.05) is 43.3 Å². The van der Waals surface area contributed by atoms with E-state index >= 15 is 0 Å². The molecule has 0 aliphatic heterocycles. The minimum absolute atomic E-state index is 0.187. The Bertz CT molecular complexity index is 908. The van der Waals surface area contributed by atoms with Crippen LogP contribution in [0.15, 0.2) is 58.0 Å². The minimum atomic E-state index is 0.187. The van der Waals surface area contributed by atoms with Crippen LogP contribution in [0.1, 0.15) is 28.1 Å². The second-order valence-electron chi connectivity index (χ2n) is 5.49. The molecule has 0 saturated carbocycles. The van der Waals surface area contributed by atoms with Gasteiger partial charge in [-0.15, -0.1) is 0 Å². The van der Waals surface area contributed by atoms with Crippen molar-refractivity contribution in [3.63, 3.8) is 0 Å². The van der Waals surface area contributed by atoms with E-state index in [2.05, 4.69) is 23.1 Å². The Kier molecular flexibility index (Phi) is 4.57. The Morgan fingerprint density at radius 1 is 0.958 bits per heavy atom. The Balaban J connectivity index is 1.90. The lowest BCUT2D eigenvalue weighted by atomic mass is 10.1. The summed E-state index contributed by atoms with van der Waals surface area (Å²) in [7, 11) is 0. The van der Waals surface area contributed by atoms with Crippen molar-refractivity contribution in [3.05, 3.63) is 76.7 Å². The average molecular weight is 318 g/mol. The summed E-state index contributed by atoms with van der Waals surface area (Å²) in [4.78, 5) is 4.44. The molecule has 0 bridgehead atoms. The predicted octanol–water partition coefficient (Wildman–Crippen LogP) is 4.92. The summed E-state index contributed by atoms with van der Waals surface area (Å²) in [5, 5.41) is 13.8. The zero-order valence-corrected chi connectivity index (χ0v) is 13.6. The maximum Gasteiger partial charge on any atom is 0.185 e. The highest BCUT2D eigenvalue weighted by atomic mass is 16.5. The summed E-state index contributed by atoms with van der Waals surface area (Å²) >= 11 is 0. The first-order valence-electron chi connectivity index (χ1n) is 7.67. The number of benzene rings is 2. The molecule has 1 heterocycles. The maximum absolute atomic E-state index is 9.82. The lowest BCUT2D eigenvalue weighted by Crippen LogP contribution is -1.82. The highest BCUT2D eigenvalue weighted by Gasteiger charge is 2.09. The number of aromatic hydroxyl groups is 1. The van der Waals surface area contributed by atoms with Crippen molar-refractivity contribution in [3.8, 4) is 5.75 Å². The molecule has 0 atom stereocenters. The van der Waals surface area contributed by atoms with Gasteiger partial charge in [-0.3, -0.25) is 4.99 Å². The van der Waals surface area contributed by atoms with Gasteiger partial charge < -0.3 is 9.63 Å². The molecule has 120 valence electrons. The highest BCUT2D eigenvalue weighted by molar-refractivity contribution is 5.86. The summed E-state index contributed by atoms with van der Waals surface area (Å²) in [5.74, 6) is 0.773. The maximum atomic E-state index is 9.82. The van der Waals surface area contributed by atoms with Gasteiger partial charge >= 0.3 is 0 Å². The molecule has 0 unspecified atom stereocenters. The van der Waals surface area contributed by atoms with Gasteiger partial charge in [0.2, 0.25) is 0 Å². The lowest BCUT2D eigenvalue weighted by Gasteiger charge is -1.98. The number of aryl methyl sites for hydroxylation is 2. The largest absolute Gasteiger partial charge is 0.507 e. The Morgan fingerprint density at radius 2 is 1.67 bits per heavy atom. The third-order valence-electron chi connectivity index (χ3n) is 3.73. The van der Waals surface area contributed by atoms with Crippen LogP contribution in [0.5, 0.6) is 5.75 Å². The number of para-hydroxylation sites is 1. The van der Waals surface area contributed by atoms with E-state index in [-0.39, 0.29) is 5.75 Å². The molecule has 24 heavy (non-hydrogen) atoms. The normalized spacial score (nSPS) is 11.6. The Morgan fingerprint density at radius 3 is 2.42 bits per heavy atom. The number of aromatic nitrogens is 1. The Hall–Kier alpha value is -3.14. The van der Waals surface area contributed by atoms with Crippen LogP contribution in [0.4, 0.5) is 5.69 Å². The number of phenols is 1. The van der Waals surface area contributed by atoms with Crippen molar-refractivity contribution >= 4 is 24.1 Å². The predicted molar refractivity (Wildman–Crippen MR) is 96.7 cm³/mol. The average Bonchev–Trinajstić information content (AvgIpc) is 2.93. The smallest absolute Gasteiger partial charge is 0.185 e. The fourth-order valence-electron chi connectivity index (χ4n) is 2.32. The van der Waals surface area contributed by atoms with Crippen LogP contribution >= 0.6 is 0 Å². The van der Waals surface area contributed by atoms with Gasteiger partial charge in [0, 0.05) is 11.8 Å². The summed E-state index contributed by atoms with van der Waals surface area (Å²) in [6, 6.07) is 15.1. The van der Waals surface area contributed by atoms with Gasteiger partial charge in [-0.1, -0.05) is 47.6 Å². The first kappa shape index (κ1) is 15.7. The van der Waals surface area contributed by atoms with Gasteiger partial charge in [-0.2, -0.15) is 0 Å². The highest BCUT2D eigenvalue weighted by Crippen LogP contribution is 2.26. The zero-order chi connectivity index (χ0) is 16.9. The monoisotopic (exact) mass is 318 g/mol. The van der Waals surface area contributed by atoms with Gasteiger partial charge in [-0.25, -0.2) is 0 Å². The molecule has 1 aromatic heterocycles. The first-order valence-corrected chi connectivity index (χ1v) is 7.67. The second-order valence-corrected chi connectivity index (χ2v) is 5.49. The van der Waals surface area contributed by atoms with Gasteiger partial charge in [0.15, 0.2) is 5.76 Å². The fraction of sp³-hybridized carbons (Fsp3) is 0.100. The van der Waals surface area contributed by atoms with Crippen molar-refractivity contribution in [1.29, 1.82) is 0 Å². The number of rotatable bonds is 4. The molecule has 2 aromatic carbocycles. The van der Waals surface area contributed by atoms with Crippen molar-refractivity contribution in [2.45, 2.75) is 13.8 Å². The van der Waals surface area contributed by atoms with E-state index in [9.17, 15) is 5.11 Å². The van der Waals surface area contributed by atoms with Gasteiger partial charge in [0.05, 0.1) is 0 Å². The van der Waals surface area contributed by atoms with Crippen LogP contribution in [0.2, 0.25) is 0 Å².